The Hall–Kier alpha value is -3.37. The molecule has 0 spiro atoms. The summed E-state index contributed by atoms with van der Waals surface area (Å²) in [5, 5.41) is 16.2. The second-order valence-corrected chi connectivity index (χ2v) is 7.90. The fourth-order valence-electron chi connectivity index (χ4n) is 4.00. The number of hydrogen-bond donors (Lipinski definition) is 2. The third-order valence-corrected chi connectivity index (χ3v) is 5.48. The molecule has 1 aromatic carbocycles. The molecule has 0 radical (unpaired) electrons. The number of Topliss-reactive ketones (excluding diaryl/α,β-unsaturated/α-hetero) is 1. The van der Waals surface area contributed by atoms with E-state index in [-0.39, 0.29) is 48.5 Å². The number of nitrogens with one attached hydrogen (secondary N) is 1. The van der Waals surface area contributed by atoms with Gasteiger partial charge in [0.2, 0.25) is 5.95 Å². The molecule has 0 bridgehead atoms. The van der Waals surface area contributed by atoms with Gasteiger partial charge in [-0.25, -0.2) is 14.4 Å². The number of aliphatic hydroxyl groups excluding tert-OH is 1. The summed E-state index contributed by atoms with van der Waals surface area (Å²) < 4.78 is 34.9. The van der Waals surface area contributed by atoms with Gasteiger partial charge in [-0.15, -0.1) is 12.4 Å². The molecule has 4 aromatic rings. The van der Waals surface area contributed by atoms with Crippen molar-refractivity contribution in [3.05, 3.63) is 59.7 Å². The van der Waals surface area contributed by atoms with Crippen LogP contribution in [0.3, 0.4) is 0 Å². The lowest BCUT2D eigenvalue weighted by Crippen LogP contribution is -2.28. The lowest BCUT2D eigenvalue weighted by Gasteiger charge is -2.24. The molecule has 3 aromatic heterocycles. The summed E-state index contributed by atoms with van der Waals surface area (Å²) in [6.07, 6.45) is 4.00. The van der Waals surface area contributed by atoms with Crippen molar-refractivity contribution >= 4 is 29.2 Å². The number of aromatic amines is 1. The van der Waals surface area contributed by atoms with Gasteiger partial charge in [-0.3, -0.25) is 9.89 Å². The lowest BCUT2D eigenvalue weighted by molar-refractivity contribution is 0.0856. The van der Waals surface area contributed by atoms with E-state index in [1.54, 1.807) is 23.8 Å². The van der Waals surface area contributed by atoms with Gasteiger partial charge in [0.1, 0.15) is 17.2 Å². The van der Waals surface area contributed by atoms with Crippen molar-refractivity contribution in [3.63, 3.8) is 0 Å². The van der Waals surface area contributed by atoms with Gasteiger partial charge in [0.05, 0.1) is 30.4 Å². The first-order chi connectivity index (χ1) is 15.4. The van der Waals surface area contributed by atoms with Crippen LogP contribution >= 0.6 is 12.4 Å². The van der Waals surface area contributed by atoms with Gasteiger partial charge in [0.15, 0.2) is 11.6 Å². The van der Waals surface area contributed by atoms with Gasteiger partial charge in [-0.1, -0.05) is 0 Å². The van der Waals surface area contributed by atoms with E-state index >= 15 is 0 Å². The Morgan fingerprint density at radius 3 is 2.91 bits per heavy atom. The van der Waals surface area contributed by atoms with E-state index in [9.17, 15) is 18.7 Å². The molecule has 1 aliphatic rings. The minimum atomic E-state index is -0.703. The minimum Gasteiger partial charge on any atom is -0.493 e. The number of rotatable bonds is 5. The van der Waals surface area contributed by atoms with Crippen LogP contribution in [0.4, 0.5) is 8.78 Å². The molecule has 2 N–H and O–H groups in total. The summed E-state index contributed by atoms with van der Waals surface area (Å²) in [7, 11) is 0. The number of ketones is 1. The highest BCUT2D eigenvalue weighted by atomic mass is 35.5. The van der Waals surface area contributed by atoms with Crippen molar-refractivity contribution in [2.24, 2.45) is 5.92 Å². The second-order valence-electron chi connectivity index (χ2n) is 7.90. The fourth-order valence-corrected chi connectivity index (χ4v) is 4.00. The van der Waals surface area contributed by atoms with Gasteiger partial charge in [0, 0.05) is 29.9 Å². The maximum absolute atomic E-state index is 13.9. The van der Waals surface area contributed by atoms with Gasteiger partial charge >= 0.3 is 0 Å². The smallest absolute Gasteiger partial charge is 0.219 e. The molecule has 0 aliphatic carbocycles. The van der Waals surface area contributed by atoms with Gasteiger partial charge in [0.25, 0.3) is 0 Å². The van der Waals surface area contributed by atoms with Crippen LogP contribution in [-0.4, -0.2) is 48.3 Å². The second kappa shape index (κ2) is 8.87. The molecule has 5 rings (SSSR count). The van der Waals surface area contributed by atoms with Crippen molar-refractivity contribution in [2.45, 2.75) is 26.0 Å². The Bertz CT molecular complexity index is 1340. The average Bonchev–Trinajstić information content (AvgIpc) is 3.35. The standard InChI is InChI=1S/C22H19F2N5O3.ClH/c1-11(30)8-29-9-17(15-6-25-21(27-22(15)29)16-7-26-28-20(16)24)19(31)13-4-12-5-14(23)2-3-18(12)32-10-13;/h2-3,5-7,9,11,13,30H,4,8,10H2,1H3,(H,26,28);1H/t11-,13+;/m1./s1. The highest BCUT2D eigenvalue weighted by molar-refractivity contribution is 6.08. The van der Waals surface area contributed by atoms with Crippen LogP contribution in [0, 0.1) is 17.7 Å². The van der Waals surface area contributed by atoms with Crippen LogP contribution in [0.2, 0.25) is 0 Å². The summed E-state index contributed by atoms with van der Waals surface area (Å²) in [4.78, 5) is 22.0. The Labute approximate surface area is 193 Å². The summed E-state index contributed by atoms with van der Waals surface area (Å²) in [6, 6.07) is 4.26. The number of carbonyl (C=O) groups excluding carboxylic acids is 1. The molecule has 2 atom stereocenters. The monoisotopic (exact) mass is 475 g/mol. The number of halogens is 3. The topological polar surface area (TPSA) is 106 Å². The van der Waals surface area contributed by atoms with Gasteiger partial charge < -0.3 is 14.4 Å². The number of aliphatic hydroxyl groups is 1. The zero-order valence-corrected chi connectivity index (χ0v) is 18.3. The Morgan fingerprint density at radius 1 is 1.36 bits per heavy atom. The number of H-pyrrole nitrogens is 1. The van der Waals surface area contributed by atoms with Crippen LogP contribution in [0.25, 0.3) is 22.4 Å². The average molecular weight is 476 g/mol. The molecule has 0 amide bonds. The summed E-state index contributed by atoms with van der Waals surface area (Å²) in [5.41, 5.74) is 1.50. The van der Waals surface area contributed by atoms with Crippen LogP contribution < -0.4 is 4.74 Å². The van der Waals surface area contributed by atoms with Crippen LogP contribution in [0.1, 0.15) is 22.8 Å². The molecule has 1 aliphatic heterocycles. The third-order valence-electron chi connectivity index (χ3n) is 5.48. The number of aromatic nitrogens is 5. The molecule has 11 heteroatoms. The SMILES string of the molecule is C[C@@H](O)Cn1cc(C(=O)[C@@H]2COc3ccc(F)cc3C2)c2cnc(-c3cn[nH]c3F)nc21.Cl. The van der Waals surface area contributed by atoms with Gasteiger partial charge in [-0.05, 0) is 37.1 Å². The lowest BCUT2D eigenvalue weighted by atomic mass is 9.90. The maximum Gasteiger partial charge on any atom is 0.219 e. The molecule has 0 saturated heterocycles. The van der Waals surface area contributed by atoms with Crippen LogP contribution in [0.5, 0.6) is 5.75 Å². The van der Waals surface area contributed by atoms with Crippen molar-refractivity contribution < 1.29 is 23.4 Å². The van der Waals surface area contributed by atoms with Crippen molar-refractivity contribution in [2.75, 3.05) is 6.61 Å². The summed E-state index contributed by atoms with van der Waals surface area (Å²) in [5.74, 6) is -1.08. The van der Waals surface area contributed by atoms with Crippen molar-refractivity contribution in [1.29, 1.82) is 0 Å². The van der Waals surface area contributed by atoms with Gasteiger partial charge in [-0.2, -0.15) is 9.49 Å². The number of ether oxygens (including phenoxy) is 1. The van der Waals surface area contributed by atoms with Crippen LogP contribution in [-0.2, 0) is 13.0 Å². The molecule has 33 heavy (non-hydrogen) atoms. The number of nitrogens with zero attached hydrogens (tertiary/aromatic N) is 4. The first-order valence-electron chi connectivity index (χ1n) is 10.1. The first-order valence-corrected chi connectivity index (χ1v) is 10.1. The predicted molar refractivity (Wildman–Crippen MR) is 117 cm³/mol. The number of hydrogen-bond acceptors (Lipinski definition) is 6. The third kappa shape index (κ3) is 4.19. The molecule has 0 fully saturated rings. The Kier molecular flexibility index (Phi) is 6.13. The minimum absolute atomic E-state index is 0. The molecular weight excluding hydrogens is 456 g/mol. The molecule has 0 saturated carbocycles. The van der Waals surface area contributed by atoms with E-state index in [4.69, 9.17) is 4.74 Å². The molecular formula is C22H20ClF2N5O3. The van der Waals surface area contributed by atoms with Crippen molar-refractivity contribution in [1.82, 2.24) is 24.7 Å². The molecule has 172 valence electrons. The largest absolute Gasteiger partial charge is 0.493 e. The molecule has 4 heterocycles. The van der Waals surface area contributed by atoms with E-state index < -0.39 is 18.0 Å². The van der Waals surface area contributed by atoms with E-state index in [0.717, 1.165) is 0 Å². The Balaban J connectivity index is 0.00000259. The number of carbonyl (C=O) groups is 1. The number of benzene rings is 1. The zero-order valence-electron chi connectivity index (χ0n) is 17.5. The first kappa shape index (κ1) is 22.8. The van der Waals surface area contributed by atoms with Crippen molar-refractivity contribution in [3.8, 4) is 17.1 Å². The highest BCUT2D eigenvalue weighted by Crippen LogP contribution is 2.32. The van der Waals surface area contributed by atoms with E-state index in [0.29, 0.717) is 34.3 Å². The summed E-state index contributed by atoms with van der Waals surface area (Å²) in [6.45, 7) is 1.97. The van der Waals surface area contributed by atoms with E-state index in [1.807, 2.05) is 0 Å². The fraction of sp³-hybridized carbons (Fsp3) is 0.273. The normalized spacial score (nSPS) is 16.1. The maximum atomic E-state index is 13.9. The quantitative estimate of drug-likeness (QED) is 0.429. The van der Waals surface area contributed by atoms with Crippen LogP contribution in [0.15, 0.2) is 36.8 Å². The predicted octanol–water partition coefficient (Wildman–Crippen LogP) is 3.34. The Morgan fingerprint density at radius 2 is 2.18 bits per heavy atom. The highest BCUT2D eigenvalue weighted by Gasteiger charge is 2.30. The molecule has 8 nitrogen and oxygen atoms in total. The van der Waals surface area contributed by atoms with E-state index in [2.05, 4.69) is 20.2 Å². The summed E-state index contributed by atoms with van der Waals surface area (Å²) >= 11 is 0. The number of fused-ring (bicyclic) bond motifs is 2. The molecule has 0 unspecified atom stereocenters. The zero-order chi connectivity index (χ0) is 22.4. The van der Waals surface area contributed by atoms with E-state index in [1.165, 1.54) is 24.5 Å².